The fourth-order valence-electron chi connectivity index (χ4n) is 4.12. The monoisotopic (exact) mass is 570 g/mol. The third-order valence-corrected chi connectivity index (χ3v) is 7.44. The predicted molar refractivity (Wildman–Crippen MR) is 161 cm³/mol. The number of hydrogen-bond donors (Lipinski definition) is 1. The number of rotatable bonds is 9. The number of thiocarbonyl (C=S) groups is 1. The van der Waals surface area contributed by atoms with Gasteiger partial charge in [0.25, 0.3) is 11.8 Å². The number of thioether (sulfide) groups is 1. The average Bonchev–Trinajstić information content (AvgIpc) is 3.24. The van der Waals surface area contributed by atoms with Gasteiger partial charge in [0.05, 0.1) is 18.6 Å². The van der Waals surface area contributed by atoms with Gasteiger partial charge < -0.3 is 14.2 Å². The van der Waals surface area contributed by atoms with Crippen molar-refractivity contribution in [3.05, 3.63) is 107 Å². The first-order chi connectivity index (χ1) is 19.4. The van der Waals surface area contributed by atoms with E-state index in [-0.39, 0.29) is 4.32 Å². The van der Waals surface area contributed by atoms with E-state index < -0.39 is 11.8 Å². The van der Waals surface area contributed by atoms with Gasteiger partial charge >= 0.3 is 0 Å². The van der Waals surface area contributed by atoms with Crippen molar-refractivity contribution in [3.8, 4) is 17.2 Å². The summed E-state index contributed by atoms with van der Waals surface area (Å²) in [4.78, 5) is 26.1. The van der Waals surface area contributed by atoms with Crippen LogP contribution in [-0.2, 0) is 11.4 Å². The number of ether oxygens (including phenoxy) is 3. The van der Waals surface area contributed by atoms with Gasteiger partial charge in [-0.3, -0.25) is 15.0 Å². The molecule has 0 aromatic heterocycles. The number of methoxy groups -OCH3 is 1. The molecule has 5 rings (SSSR count). The molecular weight excluding hydrogens is 544 g/mol. The Morgan fingerprint density at radius 2 is 1.73 bits per heavy atom. The predicted octanol–water partition coefficient (Wildman–Crippen LogP) is 6.37. The Labute approximate surface area is 241 Å². The molecule has 1 heterocycles. The molecule has 0 bridgehead atoms. The summed E-state index contributed by atoms with van der Waals surface area (Å²) in [6.45, 7) is 2.74. The van der Waals surface area contributed by atoms with Gasteiger partial charge in [0.15, 0.2) is 15.8 Å². The van der Waals surface area contributed by atoms with E-state index in [0.717, 1.165) is 33.3 Å². The Balaban J connectivity index is 1.29. The molecule has 202 valence electrons. The van der Waals surface area contributed by atoms with Gasteiger partial charge in [-0.05, 0) is 89.6 Å². The van der Waals surface area contributed by atoms with Crippen LogP contribution in [0.4, 0.5) is 0 Å². The van der Waals surface area contributed by atoms with Crippen LogP contribution in [0.2, 0.25) is 0 Å². The highest BCUT2D eigenvalue weighted by Gasteiger charge is 2.33. The van der Waals surface area contributed by atoms with Crippen molar-refractivity contribution in [1.82, 2.24) is 10.4 Å². The molecule has 1 aliphatic heterocycles. The number of hydrazine groups is 1. The zero-order valence-electron chi connectivity index (χ0n) is 21.9. The van der Waals surface area contributed by atoms with Gasteiger partial charge in [0.1, 0.15) is 12.4 Å². The van der Waals surface area contributed by atoms with Crippen LogP contribution in [0, 0.1) is 0 Å². The number of carbonyl (C=O) groups is 2. The summed E-state index contributed by atoms with van der Waals surface area (Å²) in [5.41, 5.74) is 4.75. The smallest absolute Gasteiger partial charge is 0.285 e. The van der Waals surface area contributed by atoms with E-state index in [0.29, 0.717) is 40.9 Å². The fourth-order valence-corrected chi connectivity index (χ4v) is 5.30. The van der Waals surface area contributed by atoms with Gasteiger partial charge in [0.2, 0.25) is 0 Å². The van der Waals surface area contributed by atoms with Crippen molar-refractivity contribution in [3.63, 3.8) is 0 Å². The first-order valence-corrected chi connectivity index (χ1v) is 13.8. The van der Waals surface area contributed by atoms with Crippen LogP contribution < -0.4 is 19.6 Å². The van der Waals surface area contributed by atoms with Crippen molar-refractivity contribution in [2.24, 2.45) is 0 Å². The zero-order chi connectivity index (χ0) is 28.1. The molecule has 1 saturated heterocycles. The van der Waals surface area contributed by atoms with E-state index in [1.54, 1.807) is 37.5 Å². The van der Waals surface area contributed by atoms with Gasteiger partial charge in [0, 0.05) is 5.56 Å². The maximum absolute atomic E-state index is 13.1. The minimum atomic E-state index is -0.452. The summed E-state index contributed by atoms with van der Waals surface area (Å²) in [5, 5.41) is 3.42. The summed E-state index contributed by atoms with van der Waals surface area (Å²) >= 11 is 6.48. The second-order valence-electron chi connectivity index (χ2n) is 8.80. The minimum Gasteiger partial charge on any atom is -0.497 e. The molecule has 2 amide bonds. The Morgan fingerprint density at radius 3 is 2.48 bits per heavy atom. The van der Waals surface area contributed by atoms with Crippen LogP contribution in [0.1, 0.15) is 28.4 Å². The summed E-state index contributed by atoms with van der Waals surface area (Å²) in [6.07, 6.45) is 1.72. The van der Waals surface area contributed by atoms with Gasteiger partial charge in [-0.2, -0.15) is 5.01 Å². The van der Waals surface area contributed by atoms with E-state index in [4.69, 9.17) is 26.4 Å². The Bertz CT molecular complexity index is 1620. The molecule has 0 radical (unpaired) electrons. The van der Waals surface area contributed by atoms with Crippen molar-refractivity contribution in [2.45, 2.75) is 13.5 Å². The molecule has 4 aromatic rings. The number of fused-ring (bicyclic) bond motifs is 1. The summed E-state index contributed by atoms with van der Waals surface area (Å²) in [7, 11) is 1.55. The van der Waals surface area contributed by atoms with E-state index in [1.807, 2.05) is 43.3 Å². The summed E-state index contributed by atoms with van der Waals surface area (Å²) in [6, 6.07) is 26.5. The van der Waals surface area contributed by atoms with Crippen LogP contribution in [0.25, 0.3) is 16.8 Å². The quantitative estimate of drug-likeness (QED) is 0.185. The highest BCUT2D eigenvalue weighted by Crippen LogP contribution is 2.35. The largest absolute Gasteiger partial charge is 0.497 e. The zero-order valence-corrected chi connectivity index (χ0v) is 23.5. The third kappa shape index (κ3) is 6.11. The maximum atomic E-state index is 13.1. The summed E-state index contributed by atoms with van der Waals surface area (Å²) in [5.74, 6) is 0.937. The molecular formula is C31H26N2O5S2. The number of nitrogens with one attached hydrogen (secondary N) is 1. The molecule has 1 aliphatic rings. The normalized spacial score (nSPS) is 14.1. The highest BCUT2D eigenvalue weighted by atomic mass is 32.2. The number of carbonyl (C=O) groups excluding carboxylic acids is 2. The van der Waals surface area contributed by atoms with Crippen LogP contribution in [0.15, 0.2) is 89.8 Å². The molecule has 9 heteroatoms. The standard InChI is InChI=1S/C31H26N2O5S2/c1-3-37-27-17-20(9-15-26(27)38-19-21-8-10-22-6-4-5-7-24(22)16-21)18-28-30(35)33(31(39)40-28)32-29(34)23-11-13-25(36-2)14-12-23/h4-18H,3,19H2,1-2H3,(H,32,34)/b28-18+. The molecule has 0 unspecified atom stereocenters. The number of nitrogens with zero attached hydrogens (tertiary/aromatic N) is 1. The number of hydrogen-bond acceptors (Lipinski definition) is 7. The van der Waals surface area contributed by atoms with Crippen molar-refractivity contribution in [2.75, 3.05) is 13.7 Å². The summed E-state index contributed by atoms with van der Waals surface area (Å²) < 4.78 is 17.3. The maximum Gasteiger partial charge on any atom is 0.285 e. The first-order valence-electron chi connectivity index (χ1n) is 12.6. The molecule has 7 nitrogen and oxygen atoms in total. The van der Waals surface area contributed by atoms with Crippen molar-refractivity contribution >= 4 is 57.0 Å². The van der Waals surface area contributed by atoms with Crippen molar-refractivity contribution < 1.29 is 23.8 Å². The third-order valence-electron chi connectivity index (χ3n) is 6.13. The Hall–Kier alpha value is -4.34. The second-order valence-corrected chi connectivity index (χ2v) is 10.5. The van der Waals surface area contributed by atoms with Crippen LogP contribution in [0.3, 0.4) is 0 Å². The van der Waals surface area contributed by atoms with E-state index in [9.17, 15) is 9.59 Å². The van der Waals surface area contributed by atoms with Crippen LogP contribution >= 0.6 is 24.0 Å². The van der Waals surface area contributed by atoms with Crippen LogP contribution in [0.5, 0.6) is 17.2 Å². The fraction of sp³-hybridized carbons (Fsp3) is 0.129. The van der Waals surface area contributed by atoms with Gasteiger partial charge in [-0.15, -0.1) is 0 Å². The molecule has 4 aromatic carbocycles. The van der Waals surface area contributed by atoms with Gasteiger partial charge in [-0.25, -0.2) is 0 Å². The molecule has 0 aliphatic carbocycles. The SMILES string of the molecule is CCOc1cc(/C=C2/SC(=S)N(NC(=O)c3ccc(OC)cc3)C2=O)ccc1OCc1ccc2ccccc2c1. The lowest BCUT2D eigenvalue weighted by molar-refractivity contribution is -0.123. The Kier molecular flexibility index (Phi) is 8.33. The van der Waals surface area contributed by atoms with Crippen LogP contribution in [-0.4, -0.2) is 34.9 Å². The molecule has 0 saturated carbocycles. The average molecular weight is 571 g/mol. The van der Waals surface area contributed by atoms with Gasteiger partial charge in [-0.1, -0.05) is 54.2 Å². The molecule has 0 atom stereocenters. The number of benzene rings is 4. The molecule has 1 fully saturated rings. The first kappa shape index (κ1) is 27.2. The minimum absolute atomic E-state index is 0.235. The number of amides is 2. The highest BCUT2D eigenvalue weighted by molar-refractivity contribution is 8.26. The molecule has 40 heavy (non-hydrogen) atoms. The Morgan fingerprint density at radius 1 is 0.950 bits per heavy atom. The topological polar surface area (TPSA) is 77.1 Å². The van der Waals surface area contributed by atoms with E-state index in [2.05, 4.69) is 29.7 Å². The second kappa shape index (κ2) is 12.2. The lowest BCUT2D eigenvalue weighted by Gasteiger charge is -2.15. The van der Waals surface area contributed by atoms with E-state index in [1.165, 1.54) is 5.39 Å². The lowest BCUT2D eigenvalue weighted by atomic mass is 10.1. The lowest BCUT2D eigenvalue weighted by Crippen LogP contribution is -2.44. The van der Waals surface area contributed by atoms with E-state index >= 15 is 0 Å². The molecule has 0 spiro atoms. The van der Waals surface area contributed by atoms with Crippen molar-refractivity contribution in [1.29, 1.82) is 0 Å². The molecule has 1 N–H and O–H groups in total.